The van der Waals surface area contributed by atoms with Gasteiger partial charge in [-0.15, -0.1) is 0 Å². The monoisotopic (exact) mass is 471 g/mol. The Morgan fingerprint density at radius 2 is 1.61 bits per heavy atom. The van der Waals surface area contributed by atoms with Crippen molar-refractivity contribution < 1.29 is 31.4 Å². The third kappa shape index (κ3) is 5.10. The summed E-state index contributed by atoms with van der Waals surface area (Å²) >= 11 is 0. The van der Waals surface area contributed by atoms with E-state index in [4.69, 9.17) is 0 Å². The molecule has 1 saturated heterocycles. The minimum Gasteiger partial charge on any atom is -0.396 e. The number of nitrogens with one attached hydrogen (secondary N) is 1. The van der Waals surface area contributed by atoms with E-state index in [1.54, 1.807) is 6.07 Å². The number of aromatic nitrogens is 3. The summed E-state index contributed by atoms with van der Waals surface area (Å²) in [4.78, 5) is 14.7. The molecule has 0 aliphatic carbocycles. The molecule has 3 heterocycles. The lowest BCUT2D eigenvalue weighted by Gasteiger charge is -2.31. The van der Waals surface area contributed by atoms with Crippen LogP contribution < -0.4 is 10.2 Å². The van der Waals surface area contributed by atoms with E-state index in [1.807, 2.05) is 4.90 Å². The minimum atomic E-state index is -4.96. The highest BCUT2D eigenvalue weighted by Crippen LogP contribution is 2.38. The summed E-state index contributed by atoms with van der Waals surface area (Å²) in [6.45, 7) is 1.19. The van der Waals surface area contributed by atoms with Gasteiger partial charge in [0.2, 0.25) is 5.95 Å². The molecular formula is C21H19F6N5O. The molecule has 1 aromatic carbocycles. The molecule has 0 radical (unpaired) electrons. The van der Waals surface area contributed by atoms with Crippen LogP contribution in [-0.4, -0.2) is 39.8 Å². The Kier molecular flexibility index (Phi) is 6.04. The molecular weight excluding hydrogens is 452 g/mol. The highest BCUT2D eigenvalue weighted by Gasteiger charge is 2.37. The second-order valence-electron chi connectivity index (χ2n) is 7.80. The Morgan fingerprint density at radius 3 is 2.18 bits per heavy atom. The van der Waals surface area contributed by atoms with Gasteiger partial charge >= 0.3 is 12.4 Å². The van der Waals surface area contributed by atoms with Crippen molar-refractivity contribution in [2.75, 3.05) is 29.9 Å². The summed E-state index contributed by atoms with van der Waals surface area (Å²) in [6, 6.07) is 2.86. The lowest BCUT2D eigenvalue weighted by atomic mass is 9.98. The molecule has 12 heteroatoms. The number of hydrogen-bond donors (Lipinski definition) is 2. The molecule has 3 aromatic rings. The predicted molar refractivity (Wildman–Crippen MR) is 109 cm³/mol. The maximum absolute atomic E-state index is 13.2. The number of halogens is 6. The zero-order valence-electron chi connectivity index (χ0n) is 17.1. The highest BCUT2D eigenvalue weighted by molar-refractivity contribution is 5.91. The number of anilines is 3. The third-order valence-electron chi connectivity index (χ3n) is 5.49. The lowest BCUT2D eigenvalue weighted by molar-refractivity contribution is -0.143. The van der Waals surface area contributed by atoms with Crippen LogP contribution in [0.15, 0.2) is 36.7 Å². The van der Waals surface area contributed by atoms with E-state index in [2.05, 4.69) is 20.3 Å². The SMILES string of the molecule is OCC1CCN(c2nc(Nc3cc(C(F)(F)F)cc(C(F)(F)F)c3)c3cnccc3n2)CC1. The van der Waals surface area contributed by atoms with Crippen molar-refractivity contribution in [2.24, 2.45) is 5.92 Å². The number of fused-ring (bicyclic) bond motifs is 1. The van der Waals surface area contributed by atoms with Gasteiger partial charge in [0.15, 0.2) is 0 Å². The molecule has 2 aromatic heterocycles. The maximum Gasteiger partial charge on any atom is 0.416 e. The zero-order valence-corrected chi connectivity index (χ0v) is 17.1. The number of nitrogens with zero attached hydrogens (tertiary/aromatic N) is 4. The number of alkyl halides is 6. The Balaban J connectivity index is 1.76. The smallest absolute Gasteiger partial charge is 0.396 e. The number of aliphatic hydroxyl groups is 1. The molecule has 1 aliphatic rings. The quantitative estimate of drug-likeness (QED) is 0.521. The maximum atomic E-state index is 13.2. The van der Waals surface area contributed by atoms with Crippen LogP contribution in [0.2, 0.25) is 0 Å². The topological polar surface area (TPSA) is 74.2 Å². The van der Waals surface area contributed by atoms with Crippen LogP contribution in [0.25, 0.3) is 10.9 Å². The Labute approximate surface area is 184 Å². The van der Waals surface area contributed by atoms with Crippen molar-refractivity contribution in [3.8, 4) is 0 Å². The van der Waals surface area contributed by atoms with Gasteiger partial charge < -0.3 is 15.3 Å². The minimum absolute atomic E-state index is 0.0415. The first-order chi connectivity index (χ1) is 15.5. The van der Waals surface area contributed by atoms with Gasteiger partial charge in [-0.05, 0) is 43.0 Å². The Bertz CT molecular complexity index is 1110. The normalized spacial score (nSPS) is 15.8. The van der Waals surface area contributed by atoms with Crippen LogP contribution in [0.3, 0.4) is 0 Å². The van der Waals surface area contributed by atoms with E-state index in [0.29, 0.717) is 49.0 Å². The average Bonchev–Trinajstić information content (AvgIpc) is 2.77. The van der Waals surface area contributed by atoms with Gasteiger partial charge in [0.1, 0.15) is 5.82 Å². The molecule has 0 atom stereocenters. The van der Waals surface area contributed by atoms with Gasteiger partial charge in [0.25, 0.3) is 0 Å². The third-order valence-corrected chi connectivity index (χ3v) is 5.49. The van der Waals surface area contributed by atoms with Crippen LogP contribution >= 0.6 is 0 Å². The van der Waals surface area contributed by atoms with Gasteiger partial charge in [-0.1, -0.05) is 0 Å². The van der Waals surface area contributed by atoms with E-state index in [0.717, 1.165) is 0 Å². The fourth-order valence-electron chi connectivity index (χ4n) is 3.68. The van der Waals surface area contributed by atoms with E-state index in [-0.39, 0.29) is 30.4 Å². The molecule has 0 saturated carbocycles. The Morgan fingerprint density at radius 1 is 0.970 bits per heavy atom. The van der Waals surface area contributed by atoms with E-state index >= 15 is 0 Å². The molecule has 4 rings (SSSR count). The summed E-state index contributed by atoms with van der Waals surface area (Å²) in [5, 5.41) is 12.3. The van der Waals surface area contributed by atoms with E-state index in [9.17, 15) is 31.4 Å². The van der Waals surface area contributed by atoms with Crippen molar-refractivity contribution >= 4 is 28.4 Å². The van der Waals surface area contributed by atoms with Gasteiger partial charge in [0.05, 0.1) is 22.0 Å². The van der Waals surface area contributed by atoms with E-state index < -0.39 is 29.2 Å². The summed E-state index contributed by atoms with van der Waals surface area (Å²) in [7, 11) is 0. The summed E-state index contributed by atoms with van der Waals surface area (Å²) in [6.07, 6.45) is -5.64. The van der Waals surface area contributed by atoms with Crippen LogP contribution in [0, 0.1) is 5.92 Å². The molecule has 176 valence electrons. The Hall–Kier alpha value is -3.15. The van der Waals surface area contributed by atoms with Crippen molar-refractivity contribution in [3.63, 3.8) is 0 Å². The van der Waals surface area contributed by atoms with Crippen molar-refractivity contribution in [1.29, 1.82) is 0 Å². The van der Waals surface area contributed by atoms with Gasteiger partial charge in [-0.3, -0.25) is 4.98 Å². The molecule has 0 bridgehead atoms. The highest BCUT2D eigenvalue weighted by atomic mass is 19.4. The molecule has 0 amide bonds. The van der Waals surface area contributed by atoms with Crippen LogP contribution in [0.1, 0.15) is 24.0 Å². The molecule has 1 aliphatic heterocycles. The number of hydrogen-bond acceptors (Lipinski definition) is 6. The molecule has 1 fully saturated rings. The number of benzene rings is 1. The number of aliphatic hydroxyl groups excluding tert-OH is 1. The lowest BCUT2D eigenvalue weighted by Crippen LogP contribution is -2.36. The standard InChI is InChI=1S/C21H19F6N5O/c22-20(23,24)13-7-14(21(25,26)27)9-15(8-13)29-18-16-10-28-4-1-17(16)30-19(31-18)32-5-2-12(11-33)3-6-32/h1,4,7-10,12,33H,2-3,5-6,11H2,(H,29,30,31). The molecule has 0 spiro atoms. The number of rotatable bonds is 4. The zero-order chi connectivity index (χ0) is 23.8. The summed E-state index contributed by atoms with van der Waals surface area (Å²) < 4.78 is 79.4. The van der Waals surface area contributed by atoms with Crippen molar-refractivity contribution in [2.45, 2.75) is 25.2 Å². The van der Waals surface area contributed by atoms with Crippen LogP contribution in [0.4, 0.5) is 43.8 Å². The molecule has 33 heavy (non-hydrogen) atoms. The largest absolute Gasteiger partial charge is 0.416 e. The first-order valence-corrected chi connectivity index (χ1v) is 10.1. The number of pyridine rings is 1. The van der Waals surface area contributed by atoms with Gasteiger partial charge in [-0.2, -0.15) is 31.3 Å². The molecule has 0 unspecified atom stereocenters. The second-order valence-corrected chi connectivity index (χ2v) is 7.80. The molecule has 2 N–H and O–H groups in total. The fourth-order valence-corrected chi connectivity index (χ4v) is 3.68. The average molecular weight is 471 g/mol. The second kappa shape index (κ2) is 8.65. The van der Waals surface area contributed by atoms with Crippen LogP contribution in [0.5, 0.6) is 0 Å². The number of piperidine rings is 1. The van der Waals surface area contributed by atoms with Gasteiger partial charge in [0, 0.05) is 37.8 Å². The first-order valence-electron chi connectivity index (χ1n) is 10.1. The van der Waals surface area contributed by atoms with Gasteiger partial charge in [-0.25, -0.2) is 4.98 Å². The molecule has 6 nitrogen and oxygen atoms in total. The van der Waals surface area contributed by atoms with Crippen molar-refractivity contribution in [1.82, 2.24) is 15.0 Å². The van der Waals surface area contributed by atoms with E-state index in [1.165, 1.54) is 12.4 Å². The van der Waals surface area contributed by atoms with Crippen molar-refractivity contribution in [3.05, 3.63) is 47.8 Å². The van der Waals surface area contributed by atoms with Crippen LogP contribution in [-0.2, 0) is 12.4 Å². The predicted octanol–water partition coefficient (Wildman–Crippen LogP) is 5.01. The fraction of sp³-hybridized carbons (Fsp3) is 0.381. The summed E-state index contributed by atoms with van der Waals surface area (Å²) in [5.74, 6) is 0.491. The summed E-state index contributed by atoms with van der Waals surface area (Å²) in [5.41, 5.74) is -2.83. The first kappa shape index (κ1) is 23.0.